The molecule has 0 bridgehead atoms. The van der Waals surface area contributed by atoms with Crippen LogP contribution in [0.3, 0.4) is 0 Å². The molecule has 0 atom stereocenters. The first-order valence-electron chi connectivity index (χ1n) is 10.8. The molecule has 4 aromatic heterocycles. The molecule has 0 aliphatic carbocycles. The summed E-state index contributed by atoms with van der Waals surface area (Å²) in [5, 5.41) is 10.4. The van der Waals surface area contributed by atoms with Crippen molar-refractivity contribution in [3.8, 4) is 11.3 Å². The van der Waals surface area contributed by atoms with Crippen LogP contribution in [0.1, 0.15) is 5.56 Å². The van der Waals surface area contributed by atoms with Crippen LogP contribution in [0.4, 0.5) is 11.6 Å². The first-order chi connectivity index (χ1) is 16.3. The molecule has 5 aromatic rings. The van der Waals surface area contributed by atoms with E-state index in [0.717, 1.165) is 52.3 Å². The fraction of sp³-hybridized carbons (Fsp3) is 0.167. The van der Waals surface area contributed by atoms with Crippen LogP contribution in [0.25, 0.3) is 27.8 Å². The highest BCUT2D eigenvalue weighted by atomic mass is 16.5. The molecule has 9 nitrogen and oxygen atoms in total. The Bertz CT molecular complexity index is 1430. The van der Waals surface area contributed by atoms with Crippen molar-refractivity contribution in [2.75, 3.05) is 36.6 Å². The van der Waals surface area contributed by atoms with Gasteiger partial charge in [-0.1, -0.05) is 18.2 Å². The fourth-order valence-electron chi connectivity index (χ4n) is 4.07. The maximum absolute atomic E-state index is 5.54. The Balaban J connectivity index is 1.36. The van der Waals surface area contributed by atoms with Crippen LogP contribution in [0.2, 0.25) is 0 Å². The number of para-hydroxylation sites is 1. The number of hydrogen-bond donors (Lipinski definition) is 2. The number of morpholine rings is 1. The van der Waals surface area contributed by atoms with Crippen LogP contribution in [0.15, 0.2) is 72.2 Å². The molecule has 1 aliphatic heterocycles. The van der Waals surface area contributed by atoms with Crippen molar-refractivity contribution in [2.24, 2.45) is 5.10 Å². The van der Waals surface area contributed by atoms with Crippen LogP contribution in [0, 0.1) is 0 Å². The number of benzene rings is 1. The molecule has 6 rings (SSSR count). The third kappa shape index (κ3) is 3.79. The number of rotatable bonds is 5. The monoisotopic (exact) mass is 438 g/mol. The number of nitrogens with zero attached hydrogens (tertiary/aromatic N) is 6. The Kier molecular flexibility index (Phi) is 4.93. The lowest BCUT2D eigenvalue weighted by molar-refractivity contribution is 0.122. The molecule has 0 unspecified atom stereocenters. The topological polar surface area (TPSA) is 95.7 Å². The van der Waals surface area contributed by atoms with Gasteiger partial charge in [0.1, 0.15) is 5.82 Å². The van der Waals surface area contributed by atoms with Crippen molar-refractivity contribution >= 4 is 34.4 Å². The van der Waals surface area contributed by atoms with Gasteiger partial charge in [0.05, 0.1) is 25.1 Å². The number of aromatic amines is 1. The van der Waals surface area contributed by atoms with Crippen LogP contribution in [-0.2, 0) is 4.74 Å². The first-order valence-corrected chi connectivity index (χ1v) is 10.8. The van der Waals surface area contributed by atoms with Crippen LogP contribution >= 0.6 is 0 Å². The molecule has 33 heavy (non-hydrogen) atoms. The summed E-state index contributed by atoms with van der Waals surface area (Å²) in [6, 6.07) is 16.0. The second-order valence-corrected chi connectivity index (χ2v) is 7.79. The van der Waals surface area contributed by atoms with Crippen LogP contribution in [0.5, 0.6) is 0 Å². The molecule has 0 saturated carbocycles. The van der Waals surface area contributed by atoms with Gasteiger partial charge in [-0.3, -0.25) is 10.4 Å². The predicted molar refractivity (Wildman–Crippen MR) is 129 cm³/mol. The summed E-state index contributed by atoms with van der Waals surface area (Å²) in [6.45, 7) is 2.96. The summed E-state index contributed by atoms with van der Waals surface area (Å²) < 4.78 is 7.43. The van der Waals surface area contributed by atoms with E-state index < -0.39 is 0 Å². The molecular weight excluding hydrogens is 416 g/mol. The third-order valence-corrected chi connectivity index (χ3v) is 5.72. The Morgan fingerprint density at radius 2 is 1.91 bits per heavy atom. The van der Waals surface area contributed by atoms with Crippen molar-refractivity contribution in [3.63, 3.8) is 0 Å². The molecule has 1 aromatic carbocycles. The van der Waals surface area contributed by atoms with E-state index in [1.165, 1.54) is 0 Å². The fourth-order valence-corrected chi connectivity index (χ4v) is 4.07. The van der Waals surface area contributed by atoms with E-state index in [2.05, 4.69) is 31.5 Å². The average Bonchev–Trinajstić information content (AvgIpc) is 3.49. The molecule has 0 spiro atoms. The average molecular weight is 438 g/mol. The van der Waals surface area contributed by atoms with Crippen molar-refractivity contribution in [1.29, 1.82) is 0 Å². The van der Waals surface area contributed by atoms with E-state index in [1.54, 1.807) is 18.6 Å². The Hall–Kier alpha value is -4.24. The minimum Gasteiger partial charge on any atom is -0.378 e. The number of anilines is 2. The zero-order chi connectivity index (χ0) is 22.0. The van der Waals surface area contributed by atoms with Crippen molar-refractivity contribution in [3.05, 3.63) is 72.7 Å². The minimum atomic E-state index is 0.654. The van der Waals surface area contributed by atoms with Crippen LogP contribution in [-0.4, -0.2) is 57.1 Å². The smallest absolute Gasteiger partial charge is 0.160 e. The van der Waals surface area contributed by atoms with Gasteiger partial charge in [0.15, 0.2) is 11.5 Å². The van der Waals surface area contributed by atoms with Crippen molar-refractivity contribution < 1.29 is 4.74 Å². The van der Waals surface area contributed by atoms with Gasteiger partial charge >= 0.3 is 0 Å². The second kappa shape index (κ2) is 8.36. The highest BCUT2D eigenvalue weighted by molar-refractivity contribution is 5.99. The lowest BCUT2D eigenvalue weighted by atomic mass is 10.2. The van der Waals surface area contributed by atoms with E-state index in [0.29, 0.717) is 19.0 Å². The van der Waals surface area contributed by atoms with Gasteiger partial charge in [-0.15, -0.1) is 0 Å². The molecule has 1 fully saturated rings. The highest BCUT2D eigenvalue weighted by Gasteiger charge is 2.18. The molecule has 9 heteroatoms. The van der Waals surface area contributed by atoms with Crippen molar-refractivity contribution in [1.82, 2.24) is 24.6 Å². The maximum Gasteiger partial charge on any atom is 0.160 e. The van der Waals surface area contributed by atoms with Crippen LogP contribution < -0.4 is 10.3 Å². The number of fused-ring (bicyclic) bond motifs is 2. The van der Waals surface area contributed by atoms with Gasteiger partial charge < -0.3 is 14.6 Å². The molecule has 2 N–H and O–H groups in total. The zero-order valence-electron chi connectivity index (χ0n) is 17.8. The van der Waals surface area contributed by atoms with E-state index >= 15 is 0 Å². The summed E-state index contributed by atoms with van der Waals surface area (Å²) in [5.41, 5.74) is 7.78. The van der Waals surface area contributed by atoms with Gasteiger partial charge in [-0.25, -0.2) is 4.98 Å². The molecule has 0 radical (unpaired) electrons. The SMILES string of the molecule is C(=N\Nc1cc(N2CCOCC2)n2nc(-c3ccncc3)cc2n1)/c1c[nH]c2ccccc12. The molecule has 1 aliphatic rings. The normalized spacial score (nSPS) is 14.5. The summed E-state index contributed by atoms with van der Waals surface area (Å²) >= 11 is 0. The van der Waals surface area contributed by atoms with Gasteiger partial charge in [-0.05, 0) is 18.2 Å². The molecule has 164 valence electrons. The van der Waals surface area contributed by atoms with E-state index in [-0.39, 0.29) is 0 Å². The summed E-state index contributed by atoms with van der Waals surface area (Å²) in [4.78, 5) is 14.4. The largest absolute Gasteiger partial charge is 0.378 e. The molecule has 5 heterocycles. The number of hydrogen-bond acceptors (Lipinski definition) is 7. The number of hydrazone groups is 1. The number of H-pyrrole nitrogens is 1. The lowest BCUT2D eigenvalue weighted by Gasteiger charge is -2.29. The number of ether oxygens (including phenoxy) is 1. The van der Waals surface area contributed by atoms with E-state index in [4.69, 9.17) is 14.8 Å². The van der Waals surface area contributed by atoms with E-state index in [1.807, 2.05) is 53.2 Å². The quantitative estimate of drug-likeness (QED) is 0.322. The number of aromatic nitrogens is 5. The summed E-state index contributed by atoms with van der Waals surface area (Å²) in [6.07, 6.45) is 7.28. The van der Waals surface area contributed by atoms with E-state index in [9.17, 15) is 0 Å². The van der Waals surface area contributed by atoms with Gasteiger partial charge in [-0.2, -0.15) is 14.7 Å². The van der Waals surface area contributed by atoms with Gasteiger partial charge in [0.25, 0.3) is 0 Å². The number of pyridine rings is 1. The van der Waals surface area contributed by atoms with Crippen molar-refractivity contribution in [2.45, 2.75) is 0 Å². The standard InChI is InChI=1S/C24H22N8O/c1-2-4-20-19(3-1)18(15-26-20)16-27-29-22-14-24(31-9-11-33-12-10-31)32-23(28-22)13-21(30-32)17-5-7-25-8-6-17/h1-8,13-16,26H,9-12H2,(H,28,29)/b27-16+. The molecule has 0 amide bonds. The molecular formula is C24H22N8O. The Morgan fingerprint density at radius 1 is 1.06 bits per heavy atom. The molecule has 1 saturated heterocycles. The summed E-state index contributed by atoms with van der Waals surface area (Å²) in [5.74, 6) is 1.61. The zero-order valence-corrected chi connectivity index (χ0v) is 17.8. The first kappa shape index (κ1) is 19.4. The highest BCUT2D eigenvalue weighted by Crippen LogP contribution is 2.25. The predicted octanol–water partition coefficient (Wildman–Crippen LogP) is 3.56. The van der Waals surface area contributed by atoms with Gasteiger partial charge in [0.2, 0.25) is 0 Å². The van der Waals surface area contributed by atoms with Gasteiger partial charge in [0, 0.05) is 65.8 Å². The lowest BCUT2D eigenvalue weighted by Crippen LogP contribution is -2.37. The Morgan fingerprint density at radius 3 is 2.79 bits per heavy atom. The number of nitrogens with one attached hydrogen (secondary N) is 2. The summed E-state index contributed by atoms with van der Waals surface area (Å²) in [7, 11) is 0. The maximum atomic E-state index is 5.54. The third-order valence-electron chi connectivity index (χ3n) is 5.72. The second-order valence-electron chi connectivity index (χ2n) is 7.79. The Labute approximate surface area is 189 Å². The minimum absolute atomic E-state index is 0.654.